The predicted molar refractivity (Wildman–Crippen MR) is 215 cm³/mol. The lowest BCUT2D eigenvalue weighted by Gasteiger charge is -2.33. The van der Waals surface area contributed by atoms with Crippen molar-refractivity contribution in [3.05, 3.63) is 59.7 Å². The quantitative estimate of drug-likeness (QED) is 0.0971. The number of hydrogen-bond acceptors (Lipinski definition) is 11. The molecule has 2 aromatic rings. The molecule has 0 spiro atoms. The van der Waals surface area contributed by atoms with Crippen LogP contribution in [0.4, 0.5) is 0 Å². The van der Waals surface area contributed by atoms with E-state index in [0.717, 1.165) is 0 Å². The second-order valence-corrected chi connectivity index (χ2v) is 15.7. The fourth-order valence-electron chi connectivity index (χ4n) is 7.16. The summed E-state index contributed by atoms with van der Waals surface area (Å²) in [5.74, 6) is -5.04. The van der Waals surface area contributed by atoms with E-state index in [-0.39, 0.29) is 37.0 Å². The Morgan fingerprint density at radius 3 is 2.17 bits per heavy atom. The minimum atomic E-state index is -1.50. The molecule has 0 aromatic heterocycles. The van der Waals surface area contributed by atoms with Crippen LogP contribution in [0.25, 0.3) is 0 Å². The van der Waals surface area contributed by atoms with Gasteiger partial charge in [0.25, 0.3) is 5.91 Å². The number of ether oxygens (including phenoxy) is 1. The molecule has 59 heavy (non-hydrogen) atoms. The molecule has 0 radical (unpaired) electrons. The van der Waals surface area contributed by atoms with Crippen LogP contribution >= 0.6 is 0 Å². The van der Waals surface area contributed by atoms with Crippen molar-refractivity contribution >= 4 is 41.4 Å². The summed E-state index contributed by atoms with van der Waals surface area (Å²) in [7, 11) is 0. The molecule has 3 aliphatic rings. The Labute approximate surface area is 343 Å². The molecule has 1 saturated heterocycles. The van der Waals surface area contributed by atoms with E-state index in [1.807, 2.05) is 13.8 Å². The number of aromatic hydroxyl groups is 1. The van der Waals surface area contributed by atoms with Gasteiger partial charge < -0.3 is 53.0 Å². The second kappa shape index (κ2) is 21.3. The van der Waals surface area contributed by atoms with Gasteiger partial charge in [-0.15, -0.1) is 0 Å². The highest BCUT2D eigenvalue weighted by Crippen LogP contribution is 2.22. The molecule has 2 bridgehead atoms. The van der Waals surface area contributed by atoms with Gasteiger partial charge in [-0.3, -0.25) is 38.5 Å². The van der Waals surface area contributed by atoms with E-state index in [4.69, 9.17) is 16.2 Å². The summed E-state index contributed by atoms with van der Waals surface area (Å²) in [6.07, 6.45) is -0.275. The summed E-state index contributed by atoms with van der Waals surface area (Å²) in [5, 5.41) is 35.0. The van der Waals surface area contributed by atoms with E-state index in [0.29, 0.717) is 42.7 Å². The first-order valence-electron chi connectivity index (χ1n) is 20.0. The van der Waals surface area contributed by atoms with Crippen molar-refractivity contribution in [1.82, 2.24) is 31.5 Å². The highest BCUT2D eigenvalue weighted by Gasteiger charge is 2.38. The number of nitrogens with two attached hydrogens (primary N) is 2. The van der Waals surface area contributed by atoms with Crippen LogP contribution in [-0.2, 0) is 46.4 Å². The minimum absolute atomic E-state index is 0.00379. The SMILES string of the molecule is CC[C@H](C)C(NC(=O)[C@@H]1CCCN1C[C@@H](O)[C@@H]1Cc2ccc(cc2)OCC(=O)N[C@@H](Cc2ccc(O)cc2)C(=O)N[C@@H](CC(N)=O)C(=O)N1)C(=O)N[C@H](C(N)=O)C(C)C. The Morgan fingerprint density at radius 2 is 1.56 bits per heavy atom. The van der Waals surface area contributed by atoms with Gasteiger partial charge in [-0.2, -0.15) is 0 Å². The summed E-state index contributed by atoms with van der Waals surface area (Å²) in [6, 6.07) is 6.24. The fraction of sp³-hybridized carbons (Fsp3) is 0.537. The minimum Gasteiger partial charge on any atom is -0.508 e. The van der Waals surface area contributed by atoms with Crippen LogP contribution in [0.1, 0.15) is 64.5 Å². The lowest BCUT2D eigenvalue weighted by molar-refractivity contribution is -0.135. The molecule has 3 aliphatic heterocycles. The molecule has 1 fully saturated rings. The zero-order valence-electron chi connectivity index (χ0n) is 33.9. The van der Waals surface area contributed by atoms with Gasteiger partial charge in [0.05, 0.1) is 24.6 Å². The van der Waals surface area contributed by atoms with E-state index in [2.05, 4.69) is 26.6 Å². The standard InChI is InChI=1S/C41H58N8O10/c1-5-23(4)36(41(58)47-35(22(2)3)37(43)54)48-40(57)31-7-6-16-49(31)20-32(51)28-17-25-10-14-27(15-11-25)59-21-34(53)44-29(18-24-8-12-26(50)13-9-24)38(55)46-30(19-33(42)52)39(56)45-28/h8-15,22-23,28-32,35-36,50-51H,5-7,16-21H2,1-4H3,(H2,42,52)(H2,43,54)(H,44,53)(H,45,56)(H,46,55)(H,47,58)(H,48,57)/t23-,28-,29-,30-,31-,32+,35-,36?/m0/s1. The van der Waals surface area contributed by atoms with E-state index in [1.54, 1.807) is 55.1 Å². The van der Waals surface area contributed by atoms with E-state index >= 15 is 0 Å². The molecule has 322 valence electrons. The van der Waals surface area contributed by atoms with E-state index in [9.17, 15) is 43.8 Å². The molecule has 7 amide bonds. The molecule has 11 N–H and O–H groups in total. The highest BCUT2D eigenvalue weighted by molar-refractivity contribution is 5.95. The molecule has 2 aromatic carbocycles. The number of phenolic OH excluding ortho intramolecular Hbond substituents is 1. The Bertz CT molecular complexity index is 1810. The third kappa shape index (κ3) is 13.4. The van der Waals surface area contributed by atoms with Gasteiger partial charge in [-0.25, -0.2) is 0 Å². The number of carbonyl (C=O) groups excluding carboxylic acids is 7. The number of carbonyl (C=O) groups is 7. The molecular formula is C41H58N8O10. The molecule has 0 saturated carbocycles. The first-order chi connectivity index (χ1) is 27.9. The van der Waals surface area contributed by atoms with Crippen LogP contribution in [0.3, 0.4) is 0 Å². The highest BCUT2D eigenvalue weighted by atomic mass is 16.5. The lowest BCUT2D eigenvalue weighted by atomic mass is 9.96. The lowest BCUT2D eigenvalue weighted by Crippen LogP contribution is -2.60. The van der Waals surface area contributed by atoms with Crippen molar-refractivity contribution in [3.8, 4) is 11.5 Å². The number of β-amino-alcohol motifs (C(OH)–C–C–N with tert-alkyl or cyclic N) is 1. The second-order valence-electron chi connectivity index (χ2n) is 15.7. The number of nitrogens with one attached hydrogen (secondary N) is 5. The molecule has 3 heterocycles. The average Bonchev–Trinajstić information content (AvgIpc) is 3.65. The van der Waals surface area contributed by atoms with Gasteiger partial charge in [0.15, 0.2) is 6.61 Å². The number of aliphatic hydroxyl groups excluding tert-OH is 1. The number of amides is 7. The molecule has 5 rings (SSSR count). The molecule has 18 heteroatoms. The number of primary amides is 2. The molecule has 1 unspecified atom stereocenters. The van der Waals surface area contributed by atoms with Crippen molar-refractivity contribution in [3.63, 3.8) is 0 Å². The smallest absolute Gasteiger partial charge is 0.258 e. The van der Waals surface area contributed by atoms with Crippen LogP contribution in [0.5, 0.6) is 11.5 Å². The normalized spacial score (nSPS) is 22.5. The third-order valence-corrected chi connectivity index (χ3v) is 10.8. The Balaban J connectivity index is 1.57. The number of phenols is 1. The van der Waals surface area contributed by atoms with Crippen LogP contribution in [-0.4, -0.2) is 119 Å². The maximum atomic E-state index is 13.9. The molecule has 18 nitrogen and oxygen atoms in total. The number of rotatable bonds is 15. The maximum Gasteiger partial charge on any atom is 0.258 e. The van der Waals surface area contributed by atoms with Crippen molar-refractivity contribution in [2.45, 2.75) is 109 Å². The summed E-state index contributed by atoms with van der Waals surface area (Å²) in [5.41, 5.74) is 12.3. The van der Waals surface area contributed by atoms with Gasteiger partial charge in [0, 0.05) is 13.0 Å². The molecule has 0 aliphatic carbocycles. The van der Waals surface area contributed by atoms with Gasteiger partial charge in [-0.05, 0) is 73.0 Å². The summed E-state index contributed by atoms with van der Waals surface area (Å²) in [6.45, 7) is 7.10. The number of fused-ring (bicyclic) bond motifs is 13. The number of hydrogen-bond donors (Lipinski definition) is 9. The Morgan fingerprint density at radius 1 is 0.898 bits per heavy atom. The van der Waals surface area contributed by atoms with Gasteiger partial charge >= 0.3 is 0 Å². The van der Waals surface area contributed by atoms with Gasteiger partial charge in [0.1, 0.15) is 35.7 Å². The predicted octanol–water partition coefficient (Wildman–Crippen LogP) is -1.12. The summed E-state index contributed by atoms with van der Waals surface area (Å²) >= 11 is 0. The monoisotopic (exact) mass is 822 g/mol. The van der Waals surface area contributed by atoms with Crippen LogP contribution < -0.4 is 42.8 Å². The largest absolute Gasteiger partial charge is 0.508 e. The Hall–Kier alpha value is -5.75. The maximum absolute atomic E-state index is 13.9. The van der Waals surface area contributed by atoms with Crippen molar-refractivity contribution in [2.24, 2.45) is 23.3 Å². The topological polar surface area (TPSA) is 285 Å². The van der Waals surface area contributed by atoms with E-state index in [1.165, 1.54) is 12.1 Å². The first kappa shape index (κ1) is 45.9. The van der Waals surface area contributed by atoms with Crippen molar-refractivity contribution in [1.29, 1.82) is 0 Å². The van der Waals surface area contributed by atoms with Crippen molar-refractivity contribution < 1.29 is 48.5 Å². The number of aliphatic hydroxyl groups is 1. The zero-order valence-corrected chi connectivity index (χ0v) is 33.9. The fourth-order valence-corrected chi connectivity index (χ4v) is 7.16. The van der Waals surface area contributed by atoms with Crippen LogP contribution in [0, 0.1) is 11.8 Å². The molecular weight excluding hydrogens is 764 g/mol. The Kier molecular flexibility index (Phi) is 16.6. The van der Waals surface area contributed by atoms with Crippen molar-refractivity contribution in [2.75, 3.05) is 19.7 Å². The van der Waals surface area contributed by atoms with Crippen LogP contribution in [0.2, 0.25) is 0 Å². The van der Waals surface area contributed by atoms with Crippen LogP contribution in [0.15, 0.2) is 48.5 Å². The van der Waals surface area contributed by atoms with E-state index < -0.39 is 96.7 Å². The molecule has 8 atom stereocenters. The van der Waals surface area contributed by atoms with Gasteiger partial charge in [-0.1, -0.05) is 58.4 Å². The average molecular weight is 823 g/mol. The number of likely N-dealkylation sites (tertiary alicyclic amines) is 1. The number of nitrogens with zero attached hydrogens (tertiary/aromatic N) is 1. The number of benzene rings is 2. The third-order valence-electron chi connectivity index (χ3n) is 10.8. The zero-order chi connectivity index (χ0) is 43.4. The summed E-state index contributed by atoms with van der Waals surface area (Å²) < 4.78 is 5.67. The summed E-state index contributed by atoms with van der Waals surface area (Å²) in [4.78, 5) is 93.9. The first-order valence-corrected chi connectivity index (χ1v) is 20.0. The van der Waals surface area contributed by atoms with Gasteiger partial charge in [0.2, 0.25) is 35.4 Å².